The van der Waals surface area contributed by atoms with Crippen molar-refractivity contribution in [3.8, 4) is 0 Å². The fraction of sp³-hybridized carbons (Fsp3) is 0.538. The van der Waals surface area contributed by atoms with Gasteiger partial charge in [-0.1, -0.05) is 0 Å². The number of nitrogens with one attached hydrogen (secondary N) is 2. The van der Waals surface area contributed by atoms with E-state index in [1.165, 1.54) is 6.07 Å². The van der Waals surface area contributed by atoms with E-state index in [9.17, 15) is 21.6 Å². The van der Waals surface area contributed by atoms with Crippen LogP contribution in [-0.4, -0.2) is 20.5 Å². The Morgan fingerprint density at radius 3 is 2.14 bits per heavy atom. The first-order chi connectivity index (χ1) is 9.37. The first-order valence-electron chi connectivity index (χ1n) is 6.36. The highest BCUT2D eigenvalue weighted by atomic mass is 32.2. The van der Waals surface area contributed by atoms with Crippen molar-refractivity contribution in [2.45, 2.75) is 44.3 Å². The van der Waals surface area contributed by atoms with Crippen LogP contribution in [0.15, 0.2) is 23.1 Å². The Labute approximate surface area is 122 Å². The average molecular weight is 324 g/mol. The maximum atomic E-state index is 13.1. The molecule has 0 spiro atoms. The molecule has 0 unspecified atom stereocenters. The Hall–Kier alpha value is -1.28. The summed E-state index contributed by atoms with van der Waals surface area (Å²) in [6, 6.07) is 3.09. The minimum Gasteiger partial charge on any atom is -0.385 e. The number of anilines is 1. The maximum absolute atomic E-state index is 13.1. The van der Waals surface area contributed by atoms with Gasteiger partial charge in [0.1, 0.15) is 0 Å². The molecular formula is C13H19F3N2O2S. The summed E-state index contributed by atoms with van der Waals surface area (Å²) in [4.78, 5) is -0.772. The molecule has 0 fully saturated rings. The predicted octanol–water partition coefficient (Wildman–Crippen LogP) is 3.21. The standard InChI is InChI=1S/C13H19F3N2O2S/c1-5-17-9-6-7-11(10(8-9)13(14,15)16)21(19,20)18-12(2,3)4/h6-8,17-18H,5H2,1-4H3. The largest absolute Gasteiger partial charge is 0.417 e. The van der Waals surface area contributed by atoms with Crippen molar-refractivity contribution in [1.82, 2.24) is 4.72 Å². The third-order valence-corrected chi connectivity index (χ3v) is 4.21. The van der Waals surface area contributed by atoms with E-state index in [1.807, 2.05) is 0 Å². The van der Waals surface area contributed by atoms with Gasteiger partial charge in [-0.2, -0.15) is 13.2 Å². The molecule has 21 heavy (non-hydrogen) atoms. The van der Waals surface area contributed by atoms with Crippen molar-refractivity contribution in [2.24, 2.45) is 0 Å². The SMILES string of the molecule is CCNc1ccc(S(=O)(=O)NC(C)(C)C)c(C(F)(F)F)c1. The Balaban J connectivity index is 3.42. The predicted molar refractivity (Wildman–Crippen MR) is 75.7 cm³/mol. The highest BCUT2D eigenvalue weighted by molar-refractivity contribution is 7.89. The van der Waals surface area contributed by atoms with Gasteiger partial charge in [0.2, 0.25) is 10.0 Å². The van der Waals surface area contributed by atoms with Crippen LogP contribution in [0, 0.1) is 0 Å². The van der Waals surface area contributed by atoms with Crippen LogP contribution in [0.4, 0.5) is 18.9 Å². The van der Waals surface area contributed by atoms with Gasteiger partial charge in [0.15, 0.2) is 0 Å². The summed E-state index contributed by atoms with van der Waals surface area (Å²) in [6.07, 6.45) is -4.76. The van der Waals surface area contributed by atoms with E-state index in [4.69, 9.17) is 0 Å². The number of halogens is 3. The molecule has 0 amide bonds. The molecule has 0 aliphatic heterocycles. The van der Waals surface area contributed by atoms with Gasteiger partial charge in [0.25, 0.3) is 0 Å². The summed E-state index contributed by atoms with van der Waals surface area (Å²) in [6.45, 7) is 6.85. The molecule has 8 heteroatoms. The van der Waals surface area contributed by atoms with Crippen molar-refractivity contribution >= 4 is 15.7 Å². The van der Waals surface area contributed by atoms with Crippen molar-refractivity contribution in [3.63, 3.8) is 0 Å². The lowest BCUT2D eigenvalue weighted by molar-refractivity contribution is -0.139. The molecule has 0 bridgehead atoms. The van der Waals surface area contributed by atoms with Gasteiger partial charge in [0.05, 0.1) is 10.5 Å². The molecule has 0 radical (unpaired) electrons. The van der Waals surface area contributed by atoms with Gasteiger partial charge in [0, 0.05) is 17.8 Å². The van der Waals surface area contributed by atoms with Crippen LogP contribution >= 0.6 is 0 Å². The van der Waals surface area contributed by atoms with Crippen molar-refractivity contribution in [1.29, 1.82) is 0 Å². The van der Waals surface area contributed by atoms with E-state index >= 15 is 0 Å². The third-order valence-electron chi connectivity index (χ3n) is 2.40. The monoisotopic (exact) mass is 324 g/mol. The average Bonchev–Trinajstić information content (AvgIpc) is 2.24. The first kappa shape index (κ1) is 17.8. The maximum Gasteiger partial charge on any atom is 0.417 e. The molecule has 0 atom stereocenters. The van der Waals surface area contributed by atoms with Gasteiger partial charge in [-0.05, 0) is 45.9 Å². The van der Waals surface area contributed by atoms with Crippen LogP contribution in [0.1, 0.15) is 33.3 Å². The normalized spacial score (nSPS) is 13.3. The van der Waals surface area contributed by atoms with E-state index in [0.717, 1.165) is 12.1 Å². The fourth-order valence-corrected chi connectivity index (χ4v) is 3.39. The smallest absolute Gasteiger partial charge is 0.385 e. The quantitative estimate of drug-likeness (QED) is 0.894. The van der Waals surface area contributed by atoms with Gasteiger partial charge in [-0.25, -0.2) is 13.1 Å². The highest BCUT2D eigenvalue weighted by Gasteiger charge is 2.38. The van der Waals surface area contributed by atoms with Crippen LogP contribution in [0.3, 0.4) is 0 Å². The Kier molecular flexibility index (Phi) is 4.94. The molecule has 120 valence electrons. The van der Waals surface area contributed by atoms with Gasteiger partial charge < -0.3 is 5.32 Å². The van der Waals surface area contributed by atoms with Crippen molar-refractivity contribution in [3.05, 3.63) is 23.8 Å². The second-order valence-electron chi connectivity index (χ2n) is 5.59. The molecular weight excluding hydrogens is 305 g/mol. The summed E-state index contributed by atoms with van der Waals surface area (Å²) < 4.78 is 65.9. The fourth-order valence-electron chi connectivity index (χ4n) is 1.76. The van der Waals surface area contributed by atoms with Crippen LogP contribution in [0.25, 0.3) is 0 Å². The summed E-state index contributed by atoms with van der Waals surface area (Å²) in [5.41, 5.74) is -1.83. The van der Waals surface area contributed by atoms with Crippen molar-refractivity contribution < 1.29 is 21.6 Å². The summed E-state index contributed by atoms with van der Waals surface area (Å²) in [7, 11) is -4.26. The molecule has 1 aromatic rings. The zero-order chi connectivity index (χ0) is 16.5. The lowest BCUT2D eigenvalue weighted by Crippen LogP contribution is -2.41. The number of hydrogen-bond acceptors (Lipinski definition) is 3. The number of hydrogen-bond donors (Lipinski definition) is 2. The zero-order valence-corrected chi connectivity index (χ0v) is 13.1. The molecule has 0 aliphatic rings. The van der Waals surface area contributed by atoms with Crippen LogP contribution in [0.2, 0.25) is 0 Å². The second kappa shape index (κ2) is 5.84. The molecule has 0 saturated heterocycles. The zero-order valence-electron chi connectivity index (χ0n) is 12.3. The third kappa shape index (κ3) is 4.89. The van der Waals surface area contributed by atoms with E-state index in [2.05, 4.69) is 10.0 Å². The van der Waals surface area contributed by atoms with E-state index in [1.54, 1.807) is 27.7 Å². The molecule has 0 aliphatic carbocycles. The molecule has 4 nitrogen and oxygen atoms in total. The van der Waals surface area contributed by atoms with Crippen LogP contribution in [-0.2, 0) is 16.2 Å². The van der Waals surface area contributed by atoms with Crippen LogP contribution < -0.4 is 10.0 Å². The molecule has 1 aromatic carbocycles. The second-order valence-corrected chi connectivity index (χ2v) is 7.25. The van der Waals surface area contributed by atoms with E-state index in [-0.39, 0.29) is 5.69 Å². The topological polar surface area (TPSA) is 58.2 Å². The number of rotatable bonds is 4. The molecule has 0 saturated carbocycles. The van der Waals surface area contributed by atoms with E-state index in [0.29, 0.717) is 6.54 Å². The summed E-state index contributed by atoms with van der Waals surface area (Å²) >= 11 is 0. The first-order valence-corrected chi connectivity index (χ1v) is 7.84. The van der Waals surface area contributed by atoms with Gasteiger partial charge in [-0.3, -0.25) is 0 Å². The van der Waals surface area contributed by atoms with Gasteiger partial charge in [-0.15, -0.1) is 0 Å². The molecule has 0 heterocycles. The minimum atomic E-state index is -4.76. The summed E-state index contributed by atoms with van der Waals surface area (Å²) in [5.74, 6) is 0. The van der Waals surface area contributed by atoms with Crippen molar-refractivity contribution in [2.75, 3.05) is 11.9 Å². The number of benzene rings is 1. The van der Waals surface area contributed by atoms with E-state index < -0.39 is 32.2 Å². The highest BCUT2D eigenvalue weighted by Crippen LogP contribution is 2.36. The minimum absolute atomic E-state index is 0.222. The lowest BCUT2D eigenvalue weighted by Gasteiger charge is -2.22. The Bertz CT molecular complexity index is 605. The Morgan fingerprint density at radius 1 is 1.14 bits per heavy atom. The van der Waals surface area contributed by atoms with Crippen LogP contribution in [0.5, 0.6) is 0 Å². The van der Waals surface area contributed by atoms with Gasteiger partial charge >= 0.3 is 6.18 Å². The summed E-state index contributed by atoms with van der Waals surface area (Å²) in [5, 5.41) is 2.73. The lowest BCUT2D eigenvalue weighted by atomic mass is 10.1. The molecule has 1 rings (SSSR count). The number of alkyl halides is 3. The molecule has 2 N–H and O–H groups in total. The number of sulfonamides is 1. The molecule has 0 aromatic heterocycles. The Morgan fingerprint density at radius 2 is 1.71 bits per heavy atom.